The molecule has 2 atom stereocenters. The number of fused-ring (bicyclic) bond motifs is 1. The van der Waals surface area contributed by atoms with Crippen molar-refractivity contribution in [3.05, 3.63) is 18.3 Å². The lowest BCUT2D eigenvalue weighted by atomic mass is 9.91. The van der Waals surface area contributed by atoms with Gasteiger partial charge in [0.1, 0.15) is 5.82 Å². The molecule has 2 unspecified atom stereocenters. The molecule has 3 heteroatoms. The molecular formula is C13H19N3. The second-order valence-corrected chi connectivity index (χ2v) is 5.04. The SMILES string of the molecule is Nc1ccc(N2CCCC3CCCC32)cn1. The number of nitrogen functional groups attached to an aromatic ring is 1. The van der Waals surface area contributed by atoms with Gasteiger partial charge in [-0.3, -0.25) is 0 Å². The van der Waals surface area contributed by atoms with Crippen LogP contribution in [0.3, 0.4) is 0 Å². The lowest BCUT2D eigenvalue weighted by Gasteiger charge is -2.39. The second kappa shape index (κ2) is 3.96. The second-order valence-electron chi connectivity index (χ2n) is 5.04. The normalized spacial score (nSPS) is 29.1. The molecule has 1 saturated heterocycles. The molecule has 2 N–H and O–H groups in total. The molecule has 0 bridgehead atoms. The van der Waals surface area contributed by atoms with Crippen LogP contribution < -0.4 is 10.6 Å². The smallest absolute Gasteiger partial charge is 0.123 e. The molecule has 0 spiro atoms. The molecule has 86 valence electrons. The van der Waals surface area contributed by atoms with E-state index in [2.05, 4.69) is 16.0 Å². The summed E-state index contributed by atoms with van der Waals surface area (Å²) >= 11 is 0. The Hall–Kier alpha value is -1.25. The summed E-state index contributed by atoms with van der Waals surface area (Å²) in [4.78, 5) is 6.75. The Morgan fingerprint density at radius 2 is 2.06 bits per heavy atom. The van der Waals surface area contributed by atoms with Crippen LogP contribution in [-0.2, 0) is 0 Å². The molecule has 1 aliphatic heterocycles. The summed E-state index contributed by atoms with van der Waals surface area (Å²) in [5.74, 6) is 1.54. The van der Waals surface area contributed by atoms with Crippen molar-refractivity contribution in [3.8, 4) is 0 Å². The maximum Gasteiger partial charge on any atom is 0.123 e. The van der Waals surface area contributed by atoms with E-state index in [9.17, 15) is 0 Å². The highest BCUT2D eigenvalue weighted by Crippen LogP contribution is 2.38. The van der Waals surface area contributed by atoms with Crippen LogP contribution in [0.1, 0.15) is 32.1 Å². The van der Waals surface area contributed by atoms with Gasteiger partial charge in [-0.25, -0.2) is 4.98 Å². The Bertz CT molecular complexity index is 360. The van der Waals surface area contributed by atoms with E-state index in [0.29, 0.717) is 5.82 Å². The third-order valence-electron chi connectivity index (χ3n) is 4.10. The monoisotopic (exact) mass is 217 g/mol. The predicted molar refractivity (Wildman–Crippen MR) is 66.4 cm³/mol. The molecule has 2 fully saturated rings. The summed E-state index contributed by atoms with van der Waals surface area (Å²) in [6.07, 6.45) is 8.85. The zero-order chi connectivity index (χ0) is 11.0. The van der Waals surface area contributed by atoms with Crippen molar-refractivity contribution in [1.29, 1.82) is 0 Å². The molecule has 3 nitrogen and oxygen atoms in total. The summed E-state index contributed by atoms with van der Waals surface area (Å²) in [6, 6.07) is 4.79. The highest BCUT2D eigenvalue weighted by Gasteiger charge is 2.34. The number of nitrogens with two attached hydrogens (primary N) is 1. The van der Waals surface area contributed by atoms with E-state index in [1.807, 2.05) is 12.3 Å². The van der Waals surface area contributed by atoms with Crippen molar-refractivity contribution in [2.45, 2.75) is 38.1 Å². The van der Waals surface area contributed by atoms with Crippen LogP contribution in [0.4, 0.5) is 11.5 Å². The summed E-state index contributed by atoms with van der Waals surface area (Å²) in [5.41, 5.74) is 6.89. The van der Waals surface area contributed by atoms with Gasteiger partial charge in [0.25, 0.3) is 0 Å². The van der Waals surface area contributed by atoms with E-state index in [-0.39, 0.29) is 0 Å². The molecule has 1 aliphatic carbocycles. The minimum atomic E-state index is 0.615. The van der Waals surface area contributed by atoms with Gasteiger partial charge in [-0.1, -0.05) is 6.42 Å². The first-order valence-electron chi connectivity index (χ1n) is 6.33. The first kappa shape index (κ1) is 9.94. The zero-order valence-corrected chi connectivity index (χ0v) is 9.60. The number of nitrogens with zero attached hydrogens (tertiary/aromatic N) is 2. The van der Waals surface area contributed by atoms with Crippen molar-refractivity contribution in [1.82, 2.24) is 4.98 Å². The number of hydrogen-bond acceptors (Lipinski definition) is 3. The van der Waals surface area contributed by atoms with Crippen molar-refractivity contribution in [3.63, 3.8) is 0 Å². The number of aromatic nitrogens is 1. The van der Waals surface area contributed by atoms with Crippen molar-refractivity contribution >= 4 is 11.5 Å². The van der Waals surface area contributed by atoms with Gasteiger partial charge >= 0.3 is 0 Å². The Kier molecular flexibility index (Phi) is 2.46. The largest absolute Gasteiger partial charge is 0.384 e. The first-order valence-corrected chi connectivity index (χ1v) is 6.33. The summed E-state index contributed by atoms with van der Waals surface area (Å²) in [5, 5.41) is 0. The number of hydrogen-bond donors (Lipinski definition) is 1. The molecule has 1 aromatic heterocycles. The highest BCUT2D eigenvalue weighted by atomic mass is 15.2. The third kappa shape index (κ3) is 1.64. The maximum atomic E-state index is 5.63. The van der Waals surface area contributed by atoms with Gasteiger partial charge < -0.3 is 10.6 Å². The molecule has 2 aliphatic rings. The van der Waals surface area contributed by atoms with Gasteiger partial charge in [0.2, 0.25) is 0 Å². The van der Waals surface area contributed by atoms with E-state index in [1.165, 1.54) is 44.3 Å². The van der Waals surface area contributed by atoms with Gasteiger partial charge in [0.05, 0.1) is 11.9 Å². The van der Waals surface area contributed by atoms with Gasteiger partial charge in [0.15, 0.2) is 0 Å². The first-order chi connectivity index (χ1) is 7.84. The van der Waals surface area contributed by atoms with Gasteiger partial charge in [-0.05, 0) is 43.7 Å². The molecule has 0 aromatic carbocycles. The number of anilines is 2. The van der Waals surface area contributed by atoms with Crippen molar-refractivity contribution in [2.75, 3.05) is 17.2 Å². The molecular weight excluding hydrogens is 198 g/mol. The average Bonchev–Trinajstić information content (AvgIpc) is 2.78. The number of piperidine rings is 1. The summed E-state index contributed by atoms with van der Waals surface area (Å²) in [6.45, 7) is 1.19. The molecule has 0 amide bonds. The Morgan fingerprint density at radius 1 is 1.19 bits per heavy atom. The maximum absolute atomic E-state index is 5.63. The topological polar surface area (TPSA) is 42.1 Å². The predicted octanol–water partition coefficient (Wildman–Crippen LogP) is 2.43. The molecule has 1 saturated carbocycles. The van der Waals surface area contributed by atoms with Crippen LogP contribution in [0.25, 0.3) is 0 Å². The van der Waals surface area contributed by atoms with E-state index in [4.69, 9.17) is 5.73 Å². The highest BCUT2D eigenvalue weighted by molar-refractivity contribution is 5.49. The third-order valence-corrected chi connectivity index (χ3v) is 4.10. The minimum Gasteiger partial charge on any atom is -0.384 e. The fraction of sp³-hybridized carbons (Fsp3) is 0.615. The van der Waals surface area contributed by atoms with Crippen LogP contribution in [0, 0.1) is 5.92 Å². The zero-order valence-electron chi connectivity index (χ0n) is 9.60. The molecule has 1 aromatic rings. The van der Waals surface area contributed by atoms with E-state index in [1.54, 1.807) is 0 Å². The lowest BCUT2D eigenvalue weighted by molar-refractivity contribution is 0.362. The Morgan fingerprint density at radius 3 is 2.88 bits per heavy atom. The van der Waals surface area contributed by atoms with Crippen LogP contribution in [0.2, 0.25) is 0 Å². The average molecular weight is 217 g/mol. The Balaban J connectivity index is 1.85. The van der Waals surface area contributed by atoms with E-state index < -0.39 is 0 Å². The fourth-order valence-corrected chi connectivity index (χ4v) is 3.34. The number of rotatable bonds is 1. The van der Waals surface area contributed by atoms with Crippen LogP contribution >= 0.6 is 0 Å². The fourth-order valence-electron chi connectivity index (χ4n) is 3.34. The van der Waals surface area contributed by atoms with Crippen LogP contribution in [0.15, 0.2) is 18.3 Å². The Labute approximate surface area is 96.7 Å². The van der Waals surface area contributed by atoms with Crippen molar-refractivity contribution < 1.29 is 0 Å². The quantitative estimate of drug-likeness (QED) is 0.785. The number of pyridine rings is 1. The molecule has 3 rings (SSSR count). The van der Waals surface area contributed by atoms with Gasteiger partial charge in [-0.15, -0.1) is 0 Å². The van der Waals surface area contributed by atoms with E-state index in [0.717, 1.165) is 12.0 Å². The molecule has 0 radical (unpaired) electrons. The molecule has 2 heterocycles. The van der Waals surface area contributed by atoms with Crippen LogP contribution in [-0.4, -0.2) is 17.6 Å². The summed E-state index contributed by atoms with van der Waals surface area (Å²) < 4.78 is 0. The summed E-state index contributed by atoms with van der Waals surface area (Å²) in [7, 11) is 0. The lowest BCUT2D eigenvalue weighted by Crippen LogP contribution is -2.42. The van der Waals surface area contributed by atoms with E-state index >= 15 is 0 Å². The van der Waals surface area contributed by atoms with Gasteiger partial charge in [-0.2, -0.15) is 0 Å². The van der Waals surface area contributed by atoms with Gasteiger partial charge in [0, 0.05) is 12.6 Å². The standard InChI is InChI=1S/C13H19N3/c14-13-7-6-11(9-15-13)16-8-2-4-10-3-1-5-12(10)16/h6-7,9-10,12H,1-5,8H2,(H2,14,15). The van der Waals surface area contributed by atoms with Crippen LogP contribution in [0.5, 0.6) is 0 Å². The minimum absolute atomic E-state index is 0.615. The molecule has 16 heavy (non-hydrogen) atoms. The van der Waals surface area contributed by atoms with Crippen molar-refractivity contribution in [2.24, 2.45) is 5.92 Å².